The summed E-state index contributed by atoms with van der Waals surface area (Å²) < 4.78 is 10.8. The van der Waals surface area contributed by atoms with Crippen molar-refractivity contribution in [3.8, 4) is 11.5 Å². The van der Waals surface area contributed by atoms with Crippen molar-refractivity contribution in [2.45, 2.75) is 25.8 Å². The average Bonchev–Trinajstić information content (AvgIpc) is 2.45. The SMILES string of the molecule is CCC(N)Cc1ccc(OC)cc1OCC(Cl)=CCl. The molecule has 0 amide bonds. The summed E-state index contributed by atoms with van der Waals surface area (Å²) in [5, 5.41) is 0.440. The smallest absolute Gasteiger partial charge is 0.126 e. The third-order valence-corrected chi connectivity index (χ3v) is 3.36. The van der Waals surface area contributed by atoms with E-state index in [0.717, 1.165) is 29.9 Å². The molecule has 0 fully saturated rings. The largest absolute Gasteiger partial charge is 0.497 e. The van der Waals surface area contributed by atoms with Gasteiger partial charge in [-0.05, 0) is 24.5 Å². The Balaban J connectivity index is 2.88. The summed E-state index contributed by atoms with van der Waals surface area (Å²) in [5.74, 6) is 1.45. The molecule has 3 nitrogen and oxygen atoms in total. The van der Waals surface area contributed by atoms with Gasteiger partial charge in [-0.25, -0.2) is 0 Å². The molecule has 0 aliphatic rings. The molecule has 0 saturated carbocycles. The van der Waals surface area contributed by atoms with Crippen LogP contribution in [-0.2, 0) is 6.42 Å². The summed E-state index contributed by atoms with van der Waals surface area (Å²) in [6.45, 7) is 2.29. The summed E-state index contributed by atoms with van der Waals surface area (Å²) in [6, 6.07) is 5.79. The number of benzene rings is 1. The molecule has 0 radical (unpaired) electrons. The molecule has 0 aromatic heterocycles. The van der Waals surface area contributed by atoms with Crippen LogP contribution in [-0.4, -0.2) is 19.8 Å². The number of hydrogen-bond donors (Lipinski definition) is 1. The van der Waals surface area contributed by atoms with Gasteiger partial charge in [-0.3, -0.25) is 0 Å². The van der Waals surface area contributed by atoms with Crippen LogP contribution in [0.5, 0.6) is 11.5 Å². The first-order valence-corrected chi connectivity index (χ1v) is 6.92. The van der Waals surface area contributed by atoms with E-state index in [4.69, 9.17) is 38.4 Å². The number of methoxy groups -OCH3 is 1. The Bertz CT molecular complexity index is 435. The van der Waals surface area contributed by atoms with Gasteiger partial charge < -0.3 is 15.2 Å². The third-order valence-electron chi connectivity index (χ3n) is 2.76. The van der Waals surface area contributed by atoms with Crippen molar-refractivity contribution in [2.24, 2.45) is 5.73 Å². The Labute approximate surface area is 124 Å². The van der Waals surface area contributed by atoms with Gasteiger partial charge >= 0.3 is 0 Å². The molecule has 19 heavy (non-hydrogen) atoms. The molecule has 5 heteroatoms. The van der Waals surface area contributed by atoms with E-state index < -0.39 is 0 Å². The second-order valence-corrected chi connectivity index (χ2v) is 4.89. The van der Waals surface area contributed by atoms with Gasteiger partial charge in [-0.2, -0.15) is 0 Å². The minimum absolute atomic E-state index is 0.106. The summed E-state index contributed by atoms with van der Waals surface area (Å²) in [5.41, 5.74) is 8.31. The highest BCUT2D eigenvalue weighted by molar-refractivity contribution is 6.36. The van der Waals surface area contributed by atoms with Gasteiger partial charge in [0, 0.05) is 17.6 Å². The molecule has 0 bridgehead atoms. The molecule has 1 atom stereocenters. The molecule has 1 aromatic rings. The fourth-order valence-corrected chi connectivity index (χ4v) is 1.69. The zero-order chi connectivity index (χ0) is 14.3. The maximum absolute atomic E-state index is 5.98. The number of ether oxygens (including phenoxy) is 2. The van der Waals surface area contributed by atoms with Crippen molar-refractivity contribution in [2.75, 3.05) is 13.7 Å². The Morgan fingerprint density at radius 3 is 2.79 bits per heavy atom. The van der Waals surface area contributed by atoms with Crippen LogP contribution in [0.4, 0.5) is 0 Å². The van der Waals surface area contributed by atoms with Crippen LogP contribution >= 0.6 is 23.2 Å². The van der Waals surface area contributed by atoms with E-state index in [2.05, 4.69) is 6.92 Å². The van der Waals surface area contributed by atoms with E-state index in [0.29, 0.717) is 5.03 Å². The van der Waals surface area contributed by atoms with E-state index >= 15 is 0 Å². The molecule has 0 aliphatic carbocycles. The molecular formula is C14H19Cl2NO2. The average molecular weight is 304 g/mol. The first kappa shape index (κ1) is 16.2. The fourth-order valence-electron chi connectivity index (χ4n) is 1.57. The molecule has 106 valence electrons. The number of nitrogens with two attached hydrogens (primary N) is 1. The lowest BCUT2D eigenvalue weighted by atomic mass is 10.0. The zero-order valence-electron chi connectivity index (χ0n) is 11.2. The highest BCUT2D eigenvalue weighted by Gasteiger charge is 2.10. The predicted molar refractivity (Wildman–Crippen MR) is 80.2 cm³/mol. The van der Waals surface area contributed by atoms with E-state index in [1.165, 1.54) is 5.54 Å². The summed E-state index contributed by atoms with van der Waals surface area (Å²) in [4.78, 5) is 0. The maximum Gasteiger partial charge on any atom is 0.126 e. The number of halogens is 2. The van der Waals surface area contributed by atoms with Crippen molar-refractivity contribution in [3.63, 3.8) is 0 Å². The van der Waals surface area contributed by atoms with Crippen molar-refractivity contribution in [1.82, 2.24) is 0 Å². The maximum atomic E-state index is 5.98. The summed E-state index contributed by atoms with van der Waals surface area (Å²) in [6.07, 6.45) is 1.66. The summed E-state index contributed by atoms with van der Waals surface area (Å²) in [7, 11) is 1.61. The molecule has 1 unspecified atom stereocenters. The topological polar surface area (TPSA) is 44.5 Å². The molecule has 1 aromatic carbocycles. The van der Waals surface area contributed by atoms with Crippen LogP contribution in [0.3, 0.4) is 0 Å². The molecule has 0 aliphatic heterocycles. The van der Waals surface area contributed by atoms with E-state index in [9.17, 15) is 0 Å². The Kier molecular flexibility index (Phi) is 7.06. The van der Waals surface area contributed by atoms with Gasteiger partial charge in [-0.15, -0.1) is 0 Å². The minimum atomic E-state index is 0.106. The lowest BCUT2D eigenvalue weighted by Crippen LogP contribution is -2.21. The monoisotopic (exact) mass is 303 g/mol. The predicted octanol–water partition coefficient (Wildman–Crippen LogP) is 3.67. The van der Waals surface area contributed by atoms with Crippen LogP contribution in [0.25, 0.3) is 0 Å². The van der Waals surface area contributed by atoms with Crippen LogP contribution in [0.2, 0.25) is 0 Å². The van der Waals surface area contributed by atoms with Crippen LogP contribution < -0.4 is 15.2 Å². The summed E-state index contributed by atoms with van der Waals surface area (Å²) >= 11 is 11.3. The molecule has 2 N–H and O–H groups in total. The zero-order valence-corrected chi connectivity index (χ0v) is 12.7. The fraction of sp³-hybridized carbons (Fsp3) is 0.429. The van der Waals surface area contributed by atoms with Gasteiger partial charge in [0.2, 0.25) is 0 Å². The van der Waals surface area contributed by atoms with E-state index in [1.54, 1.807) is 7.11 Å². The Hall–Kier alpha value is -0.900. The first-order chi connectivity index (χ1) is 9.10. The molecule has 0 saturated heterocycles. The van der Waals surface area contributed by atoms with Crippen LogP contribution in [0.15, 0.2) is 28.8 Å². The molecule has 0 spiro atoms. The van der Waals surface area contributed by atoms with Crippen LogP contribution in [0.1, 0.15) is 18.9 Å². The quantitative estimate of drug-likeness (QED) is 0.836. The Morgan fingerprint density at radius 2 is 2.21 bits per heavy atom. The second-order valence-electron chi connectivity index (χ2n) is 4.19. The molecular weight excluding hydrogens is 285 g/mol. The normalized spacial score (nSPS) is 13.2. The van der Waals surface area contributed by atoms with Gasteiger partial charge in [0.05, 0.1) is 12.1 Å². The number of rotatable bonds is 7. The van der Waals surface area contributed by atoms with Crippen molar-refractivity contribution < 1.29 is 9.47 Å². The Morgan fingerprint density at radius 1 is 1.47 bits per heavy atom. The standard InChI is InChI=1S/C14H19Cl2NO2/c1-3-12(17)6-10-4-5-13(18-2)7-14(10)19-9-11(16)8-15/h4-5,7-8,12H,3,6,9,17H2,1-2H3. The van der Waals surface area contributed by atoms with Gasteiger partial charge in [-0.1, -0.05) is 36.2 Å². The lowest BCUT2D eigenvalue weighted by Gasteiger charge is -2.15. The van der Waals surface area contributed by atoms with Crippen molar-refractivity contribution >= 4 is 23.2 Å². The first-order valence-electron chi connectivity index (χ1n) is 6.10. The lowest BCUT2D eigenvalue weighted by molar-refractivity contribution is 0.348. The van der Waals surface area contributed by atoms with Gasteiger partial charge in [0.25, 0.3) is 0 Å². The van der Waals surface area contributed by atoms with Crippen molar-refractivity contribution in [3.05, 3.63) is 34.3 Å². The van der Waals surface area contributed by atoms with E-state index in [1.807, 2.05) is 18.2 Å². The van der Waals surface area contributed by atoms with Gasteiger partial charge in [0.15, 0.2) is 0 Å². The number of hydrogen-bond acceptors (Lipinski definition) is 3. The minimum Gasteiger partial charge on any atom is -0.497 e. The highest BCUT2D eigenvalue weighted by atomic mass is 35.5. The van der Waals surface area contributed by atoms with Gasteiger partial charge in [0.1, 0.15) is 18.1 Å². The highest BCUT2D eigenvalue weighted by Crippen LogP contribution is 2.27. The molecule has 1 rings (SSSR count). The molecule has 0 heterocycles. The van der Waals surface area contributed by atoms with Crippen molar-refractivity contribution in [1.29, 1.82) is 0 Å². The van der Waals surface area contributed by atoms with Crippen LogP contribution in [0, 0.1) is 0 Å². The second kappa shape index (κ2) is 8.31. The van der Waals surface area contributed by atoms with E-state index in [-0.39, 0.29) is 12.6 Å². The third kappa shape index (κ3) is 5.31.